The number of hydrogen-bond donors (Lipinski definition) is 4. The van der Waals surface area contributed by atoms with Gasteiger partial charge in [-0.05, 0) is 94.0 Å². The highest BCUT2D eigenvalue weighted by Gasteiger charge is 2.68. The third-order valence-corrected chi connectivity index (χ3v) is 10.0. The third kappa shape index (κ3) is 3.62. The Labute approximate surface area is 186 Å². The van der Waals surface area contributed by atoms with Crippen molar-refractivity contribution in [1.29, 1.82) is 0 Å². The van der Waals surface area contributed by atoms with E-state index < -0.39 is 23.4 Å². The zero-order chi connectivity index (χ0) is 22.4. The Balaban J connectivity index is 0.000000407. The van der Waals surface area contributed by atoms with Crippen LogP contribution in [0.1, 0.15) is 78.1 Å². The van der Waals surface area contributed by atoms with Gasteiger partial charge in [-0.2, -0.15) is 0 Å². The van der Waals surface area contributed by atoms with Crippen molar-refractivity contribution in [3.05, 3.63) is 0 Å². The molecule has 5 fully saturated rings. The minimum atomic E-state index is -1.58. The summed E-state index contributed by atoms with van der Waals surface area (Å²) in [6.45, 7) is 5.96. The summed E-state index contributed by atoms with van der Waals surface area (Å²) in [6.07, 6.45) is 8.25. The number of Topliss-reactive ketones (excluding diaryl/α,β-unsaturated/α-hetero) is 2. The molecule has 4 N–H and O–H groups in total. The van der Waals surface area contributed by atoms with Crippen LogP contribution in [0.2, 0.25) is 0 Å². The summed E-state index contributed by atoms with van der Waals surface area (Å²) in [6, 6.07) is 0. The molecule has 0 aromatic carbocycles. The highest BCUT2D eigenvalue weighted by molar-refractivity contribution is 5.92. The fourth-order valence-corrected chi connectivity index (χ4v) is 8.27. The van der Waals surface area contributed by atoms with Gasteiger partial charge in [0.1, 0.15) is 18.0 Å². The number of aliphatic hydroxyl groups is 3. The van der Waals surface area contributed by atoms with Gasteiger partial charge in [-0.1, -0.05) is 13.8 Å². The van der Waals surface area contributed by atoms with Crippen molar-refractivity contribution < 1.29 is 24.9 Å². The number of carbonyl (C=O) groups excluding carboxylic acids is 2. The van der Waals surface area contributed by atoms with Crippen molar-refractivity contribution in [1.82, 2.24) is 5.32 Å². The van der Waals surface area contributed by atoms with Crippen LogP contribution < -0.4 is 5.32 Å². The molecule has 0 aromatic heterocycles. The van der Waals surface area contributed by atoms with Gasteiger partial charge in [-0.25, -0.2) is 0 Å². The van der Waals surface area contributed by atoms with Gasteiger partial charge in [-0.3, -0.25) is 9.59 Å². The van der Waals surface area contributed by atoms with E-state index in [0.29, 0.717) is 12.3 Å². The van der Waals surface area contributed by atoms with Gasteiger partial charge in [0.15, 0.2) is 5.78 Å². The van der Waals surface area contributed by atoms with Crippen LogP contribution in [-0.2, 0) is 9.59 Å². The Morgan fingerprint density at radius 3 is 2.42 bits per heavy atom. The van der Waals surface area contributed by atoms with Gasteiger partial charge in [0.05, 0.1) is 6.10 Å². The molecule has 0 amide bonds. The van der Waals surface area contributed by atoms with Crippen LogP contribution in [0.5, 0.6) is 0 Å². The predicted molar refractivity (Wildman–Crippen MR) is 117 cm³/mol. The Morgan fingerprint density at radius 2 is 1.81 bits per heavy atom. The highest BCUT2D eigenvalue weighted by atomic mass is 16.3. The van der Waals surface area contributed by atoms with Crippen LogP contribution in [0.4, 0.5) is 0 Å². The molecule has 0 spiro atoms. The SMILES string of the molecule is C1CCNC1.C[C@]12CC[C@@H](O)C[C@H]1CC[C@@H]1[C@@H]2C(=O)C[C@@]2(C)[C@H]1CC[C@]2(O)C(=O)CO. The number of aliphatic hydroxyl groups excluding tert-OH is 2. The van der Waals surface area contributed by atoms with E-state index in [1.165, 1.54) is 25.9 Å². The van der Waals surface area contributed by atoms with Gasteiger partial charge in [-0.15, -0.1) is 0 Å². The maximum absolute atomic E-state index is 13.4. The second-order valence-electron chi connectivity index (χ2n) is 11.5. The fourth-order valence-electron chi connectivity index (χ4n) is 8.27. The molecule has 1 saturated heterocycles. The van der Waals surface area contributed by atoms with Crippen LogP contribution in [-0.4, -0.2) is 58.3 Å². The lowest BCUT2D eigenvalue weighted by atomic mass is 9.44. The molecule has 176 valence electrons. The maximum Gasteiger partial charge on any atom is 0.190 e. The lowest BCUT2D eigenvalue weighted by Crippen LogP contribution is -2.62. The van der Waals surface area contributed by atoms with Gasteiger partial charge in [0.2, 0.25) is 0 Å². The standard InChI is InChI=1S/C21H32O5.C4H9N/c1-19-7-5-13(23)9-12(19)3-4-14-15-6-8-21(26,17(25)11-22)20(15,2)10-16(24)18(14)19;1-2-4-5-3-1/h12-15,18,22-23,26H,3-11H2,1-2H3;5H,1-4H2/t12-,13-,14+,15+,18-,19+,20+,21+;/m1./s1. The molecule has 8 atom stereocenters. The summed E-state index contributed by atoms with van der Waals surface area (Å²) in [5.74, 6) is 0.380. The molecule has 6 nitrogen and oxygen atoms in total. The fraction of sp³-hybridized carbons (Fsp3) is 0.920. The van der Waals surface area contributed by atoms with Crippen LogP contribution in [0, 0.1) is 34.5 Å². The molecule has 6 heteroatoms. The smallest absolute Gasteiger partial charge is 0.190 e. The molecule has 4 aliphatic carbocycles. The minimum absolute atomic E-state index is 0.0154. The molecule has 0 unspecified atom stereocenters. The van der Waals surface area contributed by atoms with Crippen molar-refractivity contribution in [2.45, 2.75) is 89.8 Å². The van der Waals surface area contributed by atoms with Crippen molar-refractivity contribution in [3.63, 3.8) is 0 Å². The second kappa shape index (κ2) is 8.51. The van der Waals surface area contributed by atoms with Crippen LogP contribution in [0.3, 0.4) is 0 Å². The van der Waals surface area contributed by atoms with E-state index in [4.69, 9.17) is 0 Å². The first-order chi connectivity index (χ1) is 14.7. The molecular formula is C25H41NO5. The van der Waals surface area contributed by atoms with E-state index in [-0.39, 0.29) is 41.5 Å². The number of hydrogen-bond acceptors (Lipinski definition) is 6. The Kier molecular flexibility index (Phi) is 6.41. The third-order valence-electron chi connectivity index (χ3n) is 10.0. The summed E-state index contributed by atoms with van der Waals surface area (Å²) >= 11 is 0. The van der Waals surface area contributed by atoms with Crippen molar-refractivity contribution in [2.75, 3.05) is 19.7 Å². The average Bonchev–Trinajstić information content (AvgIpc) is 3.39. The van der Waals surface area contributed by atoms with Crippen molar-refractivity contribution >= 4 is 11.6 Å². The molecule has 31 heavy (non-hydrogen) atoms. The highest BCUT2D eigenvalue weighted by Crippen LogP contribution is 2.67. The van der Waals surface area contributed by atoms with E-state index in [2.05, 4.69) is 12.2 Å². The molecule has 0 bridgehead atoms. The summed E-state index contributed by atoms with van der Waals surface area (Å²) in [5, 5.41) is 33.8. The average molecular weight is 436 g/mol. The molecule has 5 rings (SSSR count). The van der Waals surface area contributed by atoms with E-state index in [0.717, 1.165) is 38.5 Å². The zero-order valence-corrected chi connectivity index (χ0v) is 19.2. The predicted octanol–water partition coefficient (Wildman–Crippen LogP) is 2.23. The number of carbonyl (C=O) groups is 2. The lowest BCUT2D eigenvalue weighted by molar-refractivity contribution is -0.180. The number of ketones is 2. The van der Waals surface area contributed by atoms with E-state index in [1.807, 2.05) is 6.92 Å². The molecule has 0 aromatic rings. The molecule has 1 heterocycles. The quantitative estimate of drug-likeness (QED) is 0.530. The number of fused-ring (bicyclic) bond motifs is 5. The Hall–Kier alpha value is -0.820. The van der Waals surface area contributed by atoms with E-state index in [9.17, 15) is 24.9 Å². The van der Waals surface area contributed by atoms with Crippen molar-refractivity contribution in [3.8, 4) is 0 Å². The second-order valence-corrected chi connectivity index (χ2v) is 11.5. The number of nitrogens with one attached hydrogen (secondary N) is 1. The van der Waals surface area contributed by atoms with Crippen LogP contribution in [0.15, 0.2) is 0 Å². The topological polar surface area (TPSA) is 107 Å². The Bertz CT molecular complexity index is 700. The largest absolute Gasteiger partial charge is 0.393 e. The normalized spacial score (nSPS) is 48.8. The molecule has 4 saturated carbocycles. The van der Waals surface area contributed by atoms with E-state index >= 15 is 0 Å². The van der Waals surface area contributed by atoms with Gasteiger partial charge < -0.3 is 20.6 Å². The Morgan fingerprint density at radius 1 is 1.10 bits per heavy atom. The number of rotatable bonds is 2. The first-order valence-corrected chi connectivity index (χ1v) is 12.5. The van der Waals surface area contributed by atoms with Crippen molar-refractivity contribution in [2.24, 2.45) is 34.5 Å². The molecule has 0 radical (unpaired) electrons. The van der Waals surface area contributed by atoms with Gasteiger partial charge in [0.25, 0.3) is 0 Å². The van der Waals surface area contributed by atoms with Crippen LogP contribution in [0.25, 0.3) is 0 Å². The van der Waals surface area contributed by atoms with Crippen LogP contribution >= 0.6 is 0 Å². The lowest BCUT2D eigenvalue weighted by Gasteiger charge is -2.60. The summed E-state index contributed by atoms with van der Waals surface area (Å²) in [5.41, 5.74) is -2.40. The molecule has 5 aliphatic rings. The first-order valence-electron chi connectivity index (χ1n) is 12.5. The van der Waals surface area contributed by atoms with E-state index in [1.54, 1.807) is 0 Å². The zero-order valence-electron chi connectivity index (χ0n) is 19.2. The summed E-state index contributed by atoms with van der Waals surface area (Å²) in [7, 11) is 0. The summed E-state index contributed by atoms with van der Waals surface area (Å²) < 4.78 is 0. The minimum Gasteiger partial charge on any atom is -0.393 e. The first kappa shape index (κ1) is 23.3. The van der Waals surface area contributed by atoms with Gasteiger partial charge in [0, 0.05) is 17.8 Å². The van der Waals surface area contributed by atoms with Gasteiger partial charge >= 0.3 is 0 Å². The monoisotopic (exact) mass is 435 g/mol. The summed E-state index contributed by atoms with van der Waals surface area (Å²) in [4.78, 5) is 25.7. The maximum atomic E-state index is 13.4. The molecule has 1 aliphatic heterocycles. The molecular weight excluding hydrogens is 394 g/mol.